The lowest BCUT2D eigenvalue weighted by atomic mass is 9.97. The Labute approximate surface area is 132 Å². The number of likely N-dealkylation sites (tertiary alicyclic amines) is 1. The van der Waals surface area contributed by atoms with Crippen molar-refractivity contribution in [3.8, 4) is 0 Å². The number of anilines is 1. The second-order valence-corrected chi connectivity index (χ2v) is 5.71. The van der Waals surface area contributed by atoms with Crippen LogP contribution < -0.4 is 4.90 Å². The van der Waals surface area contributed by atoms with Gasteiger partial charge in [0.15, 0.2) is 0 Å². The van der Waals surface area contributed by atoms with Crippen molar-refractivity contribution in [2.24, 2.45) is 5.92 Å². The largest absolute Gasteiger partial charge is 0.393 e. The van der Waals surface area contributed by atoms with E-state index in [1.54, 1.807) is 17.0 Å². The number of carbonyl (C=O) groups is 1. The fourth-order valence-electron chi connectivity index (χ4n) is 2.77. The Kier molecular flexibility index (Phi) is 5.49. The van der Waals surface area contributed by atoms with Gasteiger partial charge in [0.2, 0.25) is 5.91 Å². The van der Waals surface area contributed by atoms with Crippen molar-refractivity contribution in [2.75, 3.05) is 31.1 Å². The van der Waals surface area contributed by atoms with E-state index in [4.69, 9.17) is 0 Å². The zero-order valence-electron chi connectivity index (χ0n) is 12.9. The van der Waals surface area contributed by atoms with E-state index in [-0.39, 0.29) is 31.2 Å². The van der Waals surface area contributed by atoms with Gasteiger partial charge in [-0.3, -0.25) is 4.79 Å². The predicted octanol–water partition coefficient (Wildman–Crippen LogP) is 3.45. The highest BCUT2D eigenvalue weighted by molar-refractivity contribution is 5.81. The summed E-state index contributed by atoms with van der Waals surface area (Å²) in [6, 6.07) is 5.70. The maximum Gasteiger partial charge on any atom is 0.393 e. The summed E-state index contributed by atoms with van der Waals surface area (Å²) in [5.74, 6) is -2.15. The van der Waals surface area contributed by atoms with Gasteiger partial charge >= 0.3 is 6.18 Å². The molecule has 0 radical (unpaired) electrons. The van der Waals surface area contributed by atoms with Crippen LogP contribution in [0, 0.1) is 11.7 Å². The van der Waals surface area contributed by atoms with Crippen molar-refractivity contribution in [2.45, 2.75) is 25.9 Å². The molecule has 0 bridgehead atoms. The van der Waals surface area contributed by atoms with Crippen LogP contribution in [0.2, 0.25) is 0 Å². The highest BCUT2D eigenvalue weighted by atomic mass is 19.4. The molecule has 1 fully saturated rings. The lowest BCUT2D eigenvalue weighted by molar-refractivity contribution is -0.187. The van der Waals surface area contributed by atoms with Gasteiger partial charge in [0.1, 0.15) is 5.82 Å². The van der Waals surface area contributed by atoms with Gasteiger partial charge in [0.05, 0.1) is 12.5 Å². The smallest absolute Gasteiger partial charge is 0.362 e. The van der Waals surface area contributed by atoms with Crippen molar-refractivity contribution < 1.29 is 22.4 Å². The molecular formula is C16H20F4N2O. The van der Waals surface area contributed by atoms with E-state index in [0.29, 0.717) is 25.2 Å². The maximum atomic E-state index is 13.0. The van der Waals surface area contributed by atoms with Crippen LogP contribution in [0.1, 0.15) is 19.8 Å². The Morgan fingerprint density at radius 3 is 2.52 bits per heavy atom. The molecule has 1 aliphatic rings. The highest BCUT2D eigenvalue weighted by Gasteiger charge is 2.42. The first kappa shape index (κ1) is 17.6. The standard InChI is InChI=1S/C16H20F4N2O/c1-2-21(14-7-5-13(17)6-8-14)11-15(23)22-9-3-4-12(10-22)16(18,19)20/h5-8,12H,2-4,9-11H2,1H3. The first-order chi connectivity index (χ1) is 10.8. The zero-order chi connectivity index (χ0) is 17.0. The molecular weight excluding hydrogens is 312 g/mol. The first-order valence-corrected chi connectivity index (χ1v) is 7.66. The SMILES string of the molecule is CCN(CC(=O)N1CCCC(C(F)(F)F)C1)c1ccc(F)cc1. The molecule has 2 rings (SSSR count). The number of amides is 1. The predicted molar refractivity (Wildman–Crippen MR) is 79.6 cm³/mol. The van der Waals surface area contributed by atoms with Gasteiger partial charge in [-0.05, 0) is 44.0 Å². The normalized spacial score (nSPS) is 18.8. The minimum atomic E-state index is -4.26. The average molecular weight is 332 g/mol. The second-order valence-electron chi connectivity index (χ2n) is 5.71. The van der Waals surface area contributed by atoms with E-state index < -0.39 is 12.1 Å². The number of hydrogen-bond donors (Lipinski definition) is 0. The van der Waals surface area contributed by atoms with Crippen LogP contribution in [0.3, 0.4) is 0 Å². The summed E-state index contributed by atoms with van der Waals surface area (Å²) in [7, 11) is 0. The van der Waals surface area contributed by atoms with E-state index in [1.807, 2.05) is 6.92 Å². The number of alkyl halides is 3. The molecule has 0 aromatic heterocycles. The van der Waals surface area contributed by atoms with Crippen molar-refractivity contribution in [1.82, 2.24) is 4.90 Å². The third kappa shape index (κ3) is 4.59. The fourth-order valence-corrected chi connectivity index (χ4v) is 2.77. The van der Waals surface area contributed by atoms with E-state index in [9.17, 15) is 22.4 Å². The number of nitrogens with zero attached hydrogens (tertiary/aromatic N) is 2. The molecule has 1 aliphatic heterocycles. The highest BCUT2D eigenvalue weighted by Crippen LogP contribution is 2.33. The van der Waals surface area contributed by atoms with Crippen LogP contribution in [-0.4, -0.2) is 43.2 Å². The molecule has 1 saturated heterocycles. The molecule has 1 aromatic carbocycles. The van der Waals surface area contributed by atoms with Gasteiger partial charge in [-0.15, -0.1) is 0 Å². The monoisotopic (exact) mass is 332 g/mol. The molecule has 23 heavy (non-hydrogen) atoms. The molecule has 128 valence electrons. The second kappa shape index (κ2) is 7.19. The summed E-state index contributed by atoms with van der Waals surface area (Å²) in [6.07, 6.45) is -3.83. The van der Waals surface area contributed by atoms with Crippen molar-refractivity contribution >= 4 is 11.6 Å². The van der Waals surface area contributed by atoms with E-state index >= 15 is 0 Å². The number of likely N-dealkylation sites (N-methyl/N-ethyl adjacent to an activating group) is 1. The van der Waals surface area contributed by atoms with Crippen molar-refractivity contribution in [1.29, 1.82) is 0 Å². The van der Waals surface area contributed by atoms with Gasteiger partial charge < -0.3 is 9.80 Å². The minimum Gasteiger partial charge on any atom is -0.362 e. The van der Waals surface area contributed by atoms with E-state index in [2.05, 4.69) is 0 Å². The summed E-state index contributed by atoms with van der Waals surface area (Å²) in [6.45, 7) is 2.42. The van der Waals surface area contributed by atoms with Crippen LogP contribution in [0.15, 0.2) is 24.3 Å². The molecule has 0 N–H and O–H groups in total. The van der Waals surface area contributed by atoms with Crippen molar-refractivity contribution in [3.05, 3.63) is 30.1 Å². The summed E-state index contributed by atoms with van der Waals surface area (Å²) < 4.78 is 51.4. The van der Waals surface area contributed by atoms with Crippen LogP contribution in [-0.2, 0) is 4.79 Å². The third-order valence-electron chi connectivity index (χ3n) is 4.14. The summed E-state index contributed by atoms with van der Waals surface area (Å²) in [4.78, 5) is 15.3. The molecule has 3 nitrogen and oxygen atoms in total. The number of halogens is 4. The molecule has 0 saturated carbocycles. The molecule has 0 aliphatic carbocycles. The van der Waals surface area contributed by atoms with Gasteiger partial charge in [0, 0.05) is 25.3 Å². The van der Waals surface area contributed by atoms with Gasteiger partial charge in [-0.25, -0.2) is 4.39 Å². The zero-order valence-corrected chi connectivity index (χ0v) is 12.9. The number of hydrogen-bond acceptors (Lipinski definition) is 2. The lowest BCUT2D eigenvalue weighted by Crippen LogP contribution is -2.48. The Morgan fingerprint density at radius 2 is 1.96 bits per heavy atom. The van der Waals surface area contributed by atoms with Crippen LogP contribution in [0.25, 0.3) is 0 Å². The van der Waals surface area contributed by atoms with Gasteiger partial charge in [-0.1, -0.05) is 0 Å². The number of benzene rings is 1. The van der Waals surface area contributed by atoms with Crippen molar-refractivity contribution in [3.63, 3.8) is 0 Å². The topological polar surface area (TPSA) is 23.6 Å². The van der Waals surface area contributed by atoms with E-state index in [0.717, 1.165) is 0 Å². The Bertz CT molecular complexity index is 530. The molecule has 1 unspecified atom stereocenters. The molecule has 1 heterocycles. The molecule has 7 heteroatoms. The lowest BCUT2D eigenvalue weighted by Gasteiger charge is -2.35. The fraction of sp³-hybridized carbons (Fsp3) is 0.562. The first-order valence-electron chi connectivity index (χ1n) is 7.66. The third-order valence-corrected chi connectivity index (χ3v) is 4.14. The Morgan fingerprint density at radius 1 is 1.30 bits per heavy atom. The molecule has 1 amide bonds. The Hall–Kier alpha value is -1.79. The summed E-state index contributed by atoms with van der Waals surface area (Å²) in [5.41, 5.74) is 0.673. The van der Waals surface area contributed by atoms with Crippen LogP contribution in [0.5, 0.6) is 0 Å². The number of rotatable bonds is 4. The van der Waals surface area contributed by atoms with Crippen LogP contribution >= 0.6 is 0 Å². The average Bonchev–Trinajstić information content (AvgIpc) is 2.52. The molecule has 1 atom stereocenters. The van der Waals surface area contributed by atoms with Crippen LogP contribution in [0.4, 0.5) is 23.2 Å². The number of piperidine rings is 1. The summed E-state index contributed by atoms with van der Waals surface area (Å²) in [5, 5.41) is 0. The van der Waals surface area contributed by atoms with E-state index in [1.165, 1.54) is 17.0 Å². The Balaban J connectivity index is 2.00. The molecule has 0 spiro atoms. The van der Waals surface area contributed by atoms with Gasteiger partial charge in [0.25, 0.3) is 0 Å². The summed E-state index contributed by atoms with van der Waals surface area (Å²) >= 11 is 0. The number of carbonyl (C=O) groups excluding carboxylic acids is 1. The minimum absolute atomic E-state index is 0.00723. The molecule has 1 aromatic rings. The quantitative estimate of drug-likeness (QED) is 0.789. The van der Waals surface area contributed by atoms with Gasteiger partial charge in [-0.2, -0.15) is 13.2 Å². The maximum absolute atomic E-state index is 13.0.